The highest BCUT2D eigenvalue weighted by molar-refractivity contribution is 7.12. The van der Waals surface area contributed by atoms with Crippen LogP contribution in [0.4, 0.5) is 0 Å². The van der Waals surface area contributed by atoms with E-state index < -0.39 is 0 Å². The van der Waals surface area contributed by atoms with Crippen LogP contribution >= 0.6 is 23.7 Å². The quantitative estimate of drug-likeness (QED) is 0.765. The van der Waals surface area contributed by atoms with Crippen molar-refractivity contribution in [1.82, 2.24) is 0 Å². The fourth-order valence-electron chi connectivity index (χ4n) is 0.854. The van der Waals surface area contributed by atoms with Gasteiger partial charge in [0.15, 0.2) is 0 Å². The predicted molar refractivity (Wildman–Crippen MR) is 53.5 cm³/mol. The first-order chi connectivity index (χ1) is 4.74. The molecule has 0 aliphatic heterocycles. The van der Waals surface area contributed by atoms with Gasteiger partial charge < -0.3 is 5.73 Å². The lowest BCUT2D eigenvalue weighted by Gasteiger charge is -2.03. The van der Waals surface area contributed by atoms with Gasteiger partial charge >= 0.3 is 0 Å². The summed E-state index contributed by atoms with van der Waals surface area (Å²) in [5, 5.41) is 0. The average molecular weight is 192 g/mol. The maximum Gasteiger partial charge on any atom is 0.0387 e. The summed E-state index contributed by atoms with van der Waals surface area (Å²) < 4.78 is 0. The van der Waals surface area contributed by atoms with E-state index in [1.165, 1.54) is 9.75 Å². The van der Waals surface area contributed by atoms with Crippen molar-refractivity contribution in [3.63, 3.8) is 0 Å². The molecule has 0 spiro atoms. The largest absolute Gasteiger partial charge is 0.323 e. The molecule has 1 heterocycles. The molecule has 1 atom stereocenters. The molecule has 0 aliphatic carbocycles. The molecule has 0 saturated carbocycles. The molecule has 0 saturated heterocycles. The van der Waals surface area contributed by atoms with Crippen LogP contribution in [0.15, 0.2) is 12.1 Å². The summed E-state index contributed by atoms with van der Waals surface area (Å²) in [4.78, 5) is 2.65. The SMILES string of the molecule is CC[C@H](N)c1ccc(C)s1.Cl. The van der Waals surface area contributed by atoms with Crippen molar-refractivity contribution in [2.75, 3.05) is 0 Å². The maximum absolute atomic E-state index is 5.82. The van der Waals surface area contributed by atoms with Gasteiger partial charge in [-0.2, -0.15) is 0 Å². The Kier molecular flexibility index (Phi) is 4.73. The molecule has 1 rings (SSSR count). The Morgan fingerprint density at radius 2 is 2.18 bits per heavy atom. The Morgan fingerprint density at radius 3 is 2.55 bits per heavy atom. The van der Waals surface area contributed by atoms with Crippen molar-refractivity contribution in [2.45, 2.75) is 26.3 Å². The van der Waals surface area contributed by atoms with Gasteiger partial charge in [-0.1, -0.05) is 6.92 Å². The minimum absolute atomic E-state index is 0. The Balaban J connectivity index is 0.000001000. The second-order valence-electron chi connectivity index (χ2n) is 2.46. The lowest BCUT2D eigenvalue weighted by Crippen LogP contribution is -2.05. The fourth-order valence-corrected chi connectivity index (χ4v) is 1.82. The minimum Gasteiger partial charge on any atom is -0.323 e. The third kappa shape index (κ3) is 2.81. The highest BCUT2D eigenvalue weighted by Crippen LogP contribution is 2.22. The van der Waals surface area contributed by atoms with E-state index in [0.717, 1.165) is 6.42 Å². The monoisotopic (exact) mass is 191 g/mol. The smallest absolute Gasteiger partial charge is 0.0387 e. The van der Waals surface area contributed by atoms with E-state index in [4.69, 9.17) is 5.73 Å². The molecular formula is C8H14ClNS. The van der Waals surface area contributed by atoms with E-state index in [1.807, 2.05) is 0 Å². The zero-order chi connectivity index (χ0) is 7.56. The molecule has 64 valence electrons. The van der Waals surface area contributed by atoms with Gasteiger partial charge in [-0.05, 0) is 25.5 Å². The van der Waals surface area contributed by atoms with Crippen LogP contribution < -0.4 is 5.73 Å². The van der Waals surface area contributed by atoms with Crippen molar-refractivity contribution >= 4 is 23.7 Å². The van der Waals surface area contributed by atoms with Crippen molar-refractivity contribution in [2.24, 2.45) is 5.73 Å². The van der Waals surface area contributed by atoms with Crippen LogP contribution in [0.5, 0.6) is 0 Å². The molecule has 0 aromatic carbocycles. The predicted octanol–water partition coefficient (Wildman–Crippen LogP) is 2.89. The van der Waals surface area contributed by atoms with Crippen LogP contribution in [0.2, 0.25) is 0 Å². The van der Waals surface area contributed by atoms with Gasteiger partial charge in [-0.15, -0.1) is 23.7 Å². The van der Waals surface area contributed by atoms with Crippen LogP contribution in [-0.2, 0) is 0 Å². The Labute approximate surface area is 78.0 Å². The van der Waals surface area contributed by atoms with Crippen molar-refractivity contribution in [1.29, 1.82) is 0 Å². The summed E-state index contributed by atoms with van der Waals surface area (Å²) in [5.41, 5.74) is 5.82. The Morgan fingerprint density at radius 1 is 1.55 bits per heavy atom. The van der Waals surface area contributed by atoms with E-state index in [2.05, 4.69) is 26.0 Å². The normalized spacial score (nSPS) is 12.3. The number of halogens is 1. The summed E-state index contributed by atoms with van der Waals surface area (Å²) in [6.07, 6.45) is 1.03. The molecule has 0 radical (unpaired) electrons. The standard InChI is InChI=1S/C8H13NS.ClH/c1-3-7(9)8-5-4-6(2)10-8;/h4-5,7H,3,9H2,1-2H3;1H/t7-;/m0./s1. The lowest BCUT2D eigenvalue weighted by molar-refractivity contribution is 0.712. The lowest BCUT2D eigenvalue weighted by atomic mass is 10.2. The zero-order valence-electron chi connectivity index (χ0n) is 6.83. The first kappa shape index (κ1) is 11.0. The van der Waals surface area contributed by atoms with Crippen LogP contribution in [0.25, 0.3) is 0 Å². The molecule has 11 heavy (non-hydrogen) atoms. The summed E-state index contributed by atoms with van der Waals surface area (Å²) in [7, 11) is 0. The van der Waals surface area contributed by atoms with Gasteiger partial charge in [0.05, 0.1) is 0 Å². The molecule has 1 nitrogen and oxygen atoms in total. The first-order valence-electron chi connectivity index (χ1n) is 3.56. The number of hydrogen-bond acceptors (Lipinski definition) is 2. The Hall–Kier alpha value is -0.0500. The topological polar surface area (TPSA) is 26.0 Å². The van der Waals surface area contributed by atoms with E-state index in [9.17, 15) is 0 Å². The van der Waals surface area contributed by atoms with Crippen LogP contribution in [0.3, 0.4) is 0 Å². The highest BCUT2D eigenvalue weighted by Gasteiger charge is 2.03. The van der Waals surface area contributed by atoms with Gasteiger partial charge in [0.25, 0.3) is 0 Å². The second-order valence-corrected chi connectivity index (χ2v) is 3.78. The molecule has 2 N–H and O–H groups in total. The maximum atomic E-state index is 5.82. The third-order valence-corrected chi connectivity index (χ3v) is 2.70. The molecule has 0 bridgehead atoms. The molecule has 1 aromatic heterocycles. The number of hydrogen-bond donors (Lipinski definition) is 1. The number of nitrogens with two attached hydrogens (primary N) is 1. The average Bonchev–Trinajstić information content (AvgIpc) is 2.34. The molecule has 0 amide bonds. The zero-order valence-corrected chi connectivity index (χ0v) is 8.47. The van der Waals surface area contributed by atoms with E-state index in [1.54, 1.807) is 11.3 Å². The van der Waals surface area contributed by atoms with Crippen molar-refractivity contribution in [3.8, 4) is 0 Å². The summed E-state index contributed by atoms with van der Waals surface area (Å²) in [5.74, 6) is 0. The van der Waals surface area contributed by atoms with Crippen LogP contribution in [0, 0.1) is 6.92 Å². The van der Waals surface area contributed by atoms with E-state index in [0.29, 0.717) is 0 Å². The summed E-state index contributed by atoms with van der Waals surface area (Å²) in [6.45, 7) is 4.22. The van der Waals surface area contributed by atoms with Gasteiger partial charge in [-0.3, -0.25) is 0 Å². The summed E-state index contributed by atoms with van der Waals surface area (Å²) >= 11 is 1.80. The third-order valence-electron chi connectivity index (χ3n) is 1.57. The number of aryl methyl sites for hydroxylation is 1. The van der Waals surface area contributed by atoms with Crippen LogP contribution in [-0.4, -0.2) is 0 Å². The minimum atomic E-state index is 0. The molecule has 0 fully saturated rings. The molecule has 0 aliphatic rings. The van der Waals surface area contributed by atoms with Crippen molar-refractivity contribution < 1.29 is 0 Å². The first-order valence-corrected chi connectivity index (χ1v) is 4.37. The molecule has 3 heteroatoms. The van der Waals surface area contributed by atoms with Gasteiger partial charge in [-0.25, -0.2) is 0 Å². The highest BCUT2D eigenvalue weighted by atomic mass is 35.5. The fraction of sp³-hybridized carbons (Fsp3) is 0.500. The van der Waals surface area contributed by atoms with Crippen LogP contribution in [0.1, 0.15) is 29.1 Å². The van der Waals surface area contributed by atoms with Gasteiger partial charge in [0.1, 0.15) is 0 Å². The molecule has 0 unspecified atom stereocenters. The van der Waals surface area contributed by atoms with Crippen molar-refractivity contribution in [3.05, 3.63) is 21.9 Å². The molecular weight excluding hydrogens is 178 g/mol. The second kappa shape index (κ2) is 4.75. The van der Waals surface area contributed by atoms with E-state index >= 15 is 0 Å². The number of thiophene rings is 1. The number of rotatable bonds is 2. The van der Waals surface area contributed by atoms with E-state index in [-0.39, 0.29) is 18.4 Å². The van der Waals surface area contributed by atoms with Gasteiger partial charge in [0.2, 0.25) is 0 Å². The molecule has 1 aromatic rings. The summed E-state index contributed by atoms with van der Waals surface area (Å²) in [6, 6.07) is 4.49. The van der Waals surface area contributed by atoms with Gasteiger partial charge in [0, 0.05) is 15.8 Å². The Bertz CT molecular complexity index is 210.